The molecule has 0 aliphatic rings. The zero-order valence-corrected chi connectivity index (χ0v) is 14.2. The second-order valence-corrected chi connectivity index (χ2v) is 7.72. The highest BCUT2D eigenvalue weighted by Crippen LogP contribution is 2.42. The van der Waals surface area contributed by atoms with Gasteiger partial charge in [0, 0.05) is 4.88 Å². The average molecular weight is 395 g/mol. The topological polar surface area (TPSA) is 0 Å². The molecule has 1 heterocycles. The third-order valence-electron chi connectivity index (χ3n) is 2.61. The molecule has 0 aliphatic carbocycles. The molecule has 0 nitrogen and oxygen atoms in total. The first-order valence-corrected chi connectivity index (χ1v) is 8.05. The van der Waals surface area contributed by atoms with E-state index >= 15 is 0 Å². The zero-order valence-electron chi connectivity index (χ0n) is 9.43. The lowest BCUT2D eigenvalue weighted by molar-refractivity contribution is 1.17. The Bertz CT molecular complexity index is 529. The van der Waals surface area contributed by atoms with E-state index in [1.807, 2.05) is 6.07 Å². The summed E-state index contributed by atoms with van der Waals surface area (Å²) in [5, 5.41) is 0.777. The van der Waals surface area contributed by atoms with Gasteiger partial charge in [0.2, 0.25) is 0 Å². The van der Waals surface area contributed by atoms with E-state index in [-0.39, 0.29) is 4.83 Å². The SMILES string of the molecule is Cc1ccc(C(Br)c2cc(Cl)c(Br)s2)c(C)c1. The maximum atomic E-state index is 6.07. The Morgan fingerprint density at radius 2 is 1.94 bits per heavy atom. The van der Waals surface area contributed by atoms with Crippen LogP contribution >= 0.6 is 54.8 Å². The molecule has 0 radical (unpaired) electrons. The number of benzene rings is 1. The fourth-order valence-corrected chi connectivity index (χ4v) is 4.42. The molecular formula is C13H11Br2ClS. The van der Waals surface area contributed by atoms with Gasteiger partial charge in [-0.3, -0.25) is 0 Å². The quantitative estimate of drug-likeness (QED) is 0.527. The summed E-state index contributed by atoms with van der Waals surface area (Å²) in [5.74, 6) is 0. The Balaban J connectivity index is 2.39. The van der Waals surface area contributed by atoms with Crippen molar-refractivity contribution in [1.29, 1.82) is 0 Å². The molecular weight excluding hydrogens is 383 g/mol. The van der Waals surface area contributed by atoms with Gasteiger partial charge < -0.3 is 0 Å². The highest BCUT2D eigenvalue weighted by atomic mass is 79.9. The van der Waals surface area contributed by atoms with Crippen LogP contribution in [0.5, 0.6) is 0 Å². The van der Waals surface area contributed by atoms with Crippen molar-refractivity contribution in [3.8, 4) is 0 Å². The fourth-order valence-electron chi connectivity index (χ4n) is 1.75. The molecule has 1 atom stereocenters. The first-order chi connectivity index (χ1) is 7.99. The molecule has 90 valence electrons. The molecule has 0 N–H and O–H groups in total. The molecule has 2 rings (SSSR count). The molecule has 1 aromatic heterocycles. The smallest absolute Gasteiger partial charge is 0.0887 e. The number of thiophene rings is 1. The van der Waals surface area contributed by atoms with E-state index in [9.17, 15) is 0 Å². The molecule has 0 fully saturated rings. The third kappa shape index (κ3) is 2.95. The highest BCUT2D eigenvalue weighted by molar-refractivity contribution is 9.11. The van der Waals surface area contributed by atoms with E-state index in [2.05, 4.69) is 63.9 Å². The number of rotatable bonds is 2. The lowest BCUT2D eigenvalue weighted by Crippen LogP contribution is -1.93. The molecule has 1 unspecified atom stereocenters. The monoisotopic (exact) mass is 392 g/mol. The van der Waals surface area contributed by atoms with Crippen LogP contribution in [0.3, 0.4) is 0 Å². The zero-order chi connectivity index (χ0) is 12.6. The Hall–Kier alpha value is 0.170. The summed E-state index contributed by atoms with van der Waals surface area (Å²) < 4.78 is 0.989. The van der Waals surface area contributed by atoms with Crippen LogP contribution in [0.1, 0.15) is 26.4 Å². The molecule has 0 saturated carbocycles. The van der Waals surface area contributed by atoms with Crippen LogP contribution in [-0.4, -0.2) is 0 Å². The van der Waals surface area contributed by atoms with Crippen molar-refractivity contribution in [3.63, 3.8) is 0 Å². The van der Waals surface area contributed by atoms with Gasteiger partial charge in [-0.25, -0.2) is 0 Å². The maximum absolute atomic E-state index is 6.07. The maximum Gasteiger partial charge on any atom is 0.0887 e. The van der Waals surface area contributed by atoms with E-state index in [4.69, 9.17) is 11.6 Å². The van der Waals surface area contributed by atoms with E-state index in [0.29, 0.717) is 0 Å². The van der Waals surface area contributed by atoms with E-state index < -0.39 is 0 Å². The van der Waals surface area contributed by atoms with Crippen molar-refractivity contribution < 1.29 is 0 Å². The molecule has 0 bridgehead atoms. The summed E-state index contributed by atoms with van der Waals surface area (Å²) in [6.07, 6.45) is 0. The van der Waals surface area contributed by atoms with Gasteiger partial charge in [0.1, 0.15) is 0 Å². The van der Waals surface area contributed by atoms with Gasteiger partial charge in [0.05, 0.1) is 13.6 Å². The Kier molecular flexibility index (Phi) is 4.35. The first kappa shape index (κ1) is 13.6. The van der Waals surface area contributed by atoms with E-state index in [1.165, 1.54) is 21.6 Å². The van der Waals surface area contributed by atoms with E-state index in [1.54, 1.807) is 11.3 Å². The lowest BCUT2D eigenvalue weighted by atomic mass is 10.0. The first-order valence-electron chi connectivity index (χ1n) is 5.15. The Labute approximate surface area is 127 Å². The summed E-state index contributed by atoms with van der Waals surface area (Å²) >= 11 is 14.9. The molecule has 0 aliphatic heterocycles. The summed E-state index contributed by atoms with van der Waals surface area (Å²) in [6.45, 7) is 4.25. The van der Waals surface area contributed by atoms with Gasteiger partial charge in [-0.15, -0.1) is 11.3 Å². The van der Waals surface area contributed by atoms with Crippen LogP contribution in [0.4, 0.5) is 0 Å². The van der Waals surface area contributed by atoms with Crippen LogP contribution < -0.4 is 0 Å². The molecule has 0 saturated heterocycles. The minimum Gasteiger partial charge on any atom is -0.130 e. The number of alkyl halides is 1. The lowest BCUT2D eigenvalue weighted by Gasteiger charge is -2.12. The minimum absolute atomic E-state index is 0.205. The van der Waals surface area contributed by atoms with E-state index in [0.717, 1.165) is 8.81 Å². The third-order valence-corrected chi connectivity index (χ3v) is 6.44. The summed E-state index contributed by atoms with van der Waals surface area (Å²) in [7, 11) is 0. The normalized spacial score (nSPS) is 12.8. The van der Waals surface area contributed by atoms with Gasteiger partial charge in [-0.2, -0.15) is 0 Å². The second-order valence-electron chi connectivity index (χ2n) is 3.99. The molecule has 0 amide bonds. The van der Waals surface area contributed by atoms with Crippen LogP contribution in [0, 0.1) is 13.8 Å². The molecule has 0 spiro atoms. The van der Waals surface area contributed by atoms with Crippen LogP contribution in [0.2, 0.25) is 5.02 Å². The number of hydrogen-bond donors (Lipinski definition) is 0. The number of hydrogen-bond acceptors (Lipinski definition) is 1. The summed E-state index contributed by atoms with van der Waals surface area (Å²) in [6, 6.07) is 8.52. The Morgan fingerprint density at radius 3 is 2.47 bits per heavy atom. The van der Waals surface area contributed by atoms with Gasteiger partial charge in [-0.1, -0.05) is 51.3 Å². The van der Waals surface area contributed by atoms with Gasteiger partial charge in [0.15, 0.2) is 0 Å². The molecule has 2 aromatic rings. The van der Waals surface area contributed by atoms with Gasteiger partial charge in [0.25, 0.3) is 0 Å². The van der Waals surface area contributed by atoms with Crippen molar-refractivity contribution in [1.82, 2.24) is 0 Å². The second kappa shape index (κ2) is 5.43. The van der Waals surface area contributed by atoms with Crippen LogP contribution in [0.25, 0.3) is 0 Å². The molecule has 1 aromatic carbocycles. The predicted molar refractivity (Wildman–Crippen MR) is 83.7 cm³/mol. The van der Waals surface area contributed by atoms with Crippen molar-refractivity contribution in [2.24, 2.45) is 0 Å². The van der Waals surface area contributed by atoms with Crippen molar-refractivity contribution in [2.45, 2.75) is 18.7 Å². The standard InChI is InChI=1S/C13H11Br2ClS/c1-7-3-4-9(8(2)5-7)12(14)11-6-10(16)13(15)17-11/h3-6,12H,1-2H3. The number of halogens is 3. The van der Waals surface area contributed by atoms with Crippen molar-refractivity contribution >= 4 is 54.8 Å². The molecule has 17 heavy (non-hydrogen) atoms. The Morgan fingerprint density at radius 1 is 1.24 bits per heavy atom. The van der Waals surface area contributed by atoms with Crippen LogP contribution in [0.15, 0.2) is 28.1 Å². The van der Waals surface area contributed by atoms with Crippen molar-refractivity contribution in [3.05, 3.63) is 54.6 Å². The number of aryl methyl sites for hydroxylation is 2. The minimum atomic E-state index is 0.205. The van der Waals surface area contributed by atoms with Gasteiger partial charge >= 0.3 is 0 Å². The van der Waals surface area contributed by atoms with Crippen LogP contribution in [-0.2, 0) is 0 Å². The molecule has 4 heteroatoms. The largest absolute Gasteiger partial charge is 0.130 e. The predicted octanol–water partition coefficient (Wildman–Crippen LogP) is 6.27. The summed E-state index contributed by atoms with van der Waals surface area (Å²) in [4.78, 5) is 1.42. The summed E-state index contributed by atoms with van der Waals surface area (Å²) in [5.41, 5.74) is 3.88. The average Bonchev–Trinajstić information content (AvgIpc) is 2.58. The van der Waals surface area contributed by atoms with Crippen molar-refractivity contribution in [2.75, 3.05) is 0 Å². The highest BCUT2D eigenvalue weighted by Gasteiger charge is 2.16. The fraction of sp³-hybridized carbons (Fsp3) is 0.231. The van der Waals surface area contributed by atoms with Gasteiger partial charge in [-0.05, 0) is 47.0 Å².